The molecule has 0 aliphatic carbocycles. The summed E-state index contributed by atoms with van der Waals surface area (Å²) in [5.74, 6) is -0.00802. The second-order valence-electron chi connectivity index (χ2n) is 4.34. The molecule has 17 heavy (non-hydrogen) atoms. The fraction of sp³-hybridized carbons (Fsp3) is 0.364. The van der Waals surface area contributed by atoms with Crippen molar-refractivity contribution in [3.05, 3.63) is 28.3 Å². The molecule has 6 heteroatoms. The molecule has 0 radical (unpaired) electrons. The number of nitrogens with one attached hydrogen (secondary N) is 2. The number of nitro groups is 1. The highest BCUT2D eigenvalue weighted by Crippen LogP contribution is 2.31. The quantitative estimate of drug-likeness (QED) is 0.606. The lowest BCUT2D eigenvalue weighted by molar-refractivity contribution is -0.384. The molecule has 1 heterocycles. The Morgan fingerprint density at radius 1 is 1.35 bits per heavy atom. The molecule has 1 amide bonds. The van der Waals surface area contributed by atoms with E-state index in [-0.39, 0.29) is 23.6 Å². The first-order valence-corrected chi connectivity index (χ1v) is 5.35. The maximum atomic E-state index is 11.7. The first-order chi connectivity index (χ1) is 7.99. The van der Waals surface area contributed by atoms with Crippen molar-refractivity contribution in [3.8, 4) is 0 Å². The third kappa shape index (κ3) is 2.06. The first kappa shape index (κ1) is 11.4. The molecule has 0 saturated carbocycles. The molecule has 90 valence electrons. The van der Waals surface area contributed by atoms with Gasteiger partial charge in [0.1, 0.15) is 6.04 Å². The molecule has 1 unspecified atom stereocenters. The van der Waals surface area contributed by atoms with Crippen LogP contribution in [0.25, 0.3) is 0 Å². The molecule has 2 rings (SSSR count). The number of anilines is 2. The number of fused-ring (bicyclic) bond motifs is 1. The van der Waals surface area contributed by atoms with Gasteiger partial charge in [0.15, 0.2) is 0 Å². The lowest BCUT2D eigenvalue weighted by Gasteiger charge is -2.28. The second-order valence-corrected chi connectivity index (χ2v) is 4.34. The predicted octanol–water partition coefficient (Wildman–Crippen LogP) is 1.98. The van der Waals surface area contributed by atoms with Crippen molar-refractivity contribution in [1.29, 1.82) is 0 Å². The van der Waals surface area contributed by atoms with Gasteiger partial charge in [-0.15, -0.1) is 0 Å². The Bertz CT molecular complexity index is 485. The zero-order valence-electron chi connectivity index (χ0n) is 9.56. The van der Waals surface area contributed by atoms with Crippen LogP contribution in [0.5, 0.6) is 0 Å². The molecule has 1 aliphatic heterocycles. The van der Waals surface area contributed by atoms with E-state index >= 15 is 0 Å². The third-order valence-corrected chi connectivity index (χ3v) is 2.73. The number of amides is 1. The molecule has 2 N–H and O–H groups in total. The van der Waals surface area contributed by atoms with E-state index in [4.69, 9.17) is 0 Å². The van der Waals surface area contributed by atoms with Gasteiger partial charge in [-0.2, -0.15) is 0 Å². The van der Waals surface area contributed by atoms with Crippen molar-refractivity contribution in [3.63, 3.8) is 0 Å². The zero-order chi connectivity index (χ0) is 12.6. The predicted molar refractivity (Wildman–Crippen MR) is 64.0 cm³/mol. The van der Waals surface area contributed by atoms with Crippen LogP contribution in [0.1, 0.15) is 13.8 Å². The summed E-state index contributed by atoms with van der Waals surface area (Å²) in [4.78, 5) is 21.9. The molecule has 1 atom stereocenters. The van der Waals surface area contributed by atoms with Crippen molar-refractivity contribution in [2.75, 3.05) is 10.6 Å². The number of carbonyl (C=O) groups is 1. The standard InChI is InChI=1S/C11H13N3O3/c1-6(2)10-11(15)13-9-5-7(14(16)17)3-4-8(9)12-10/h3-6,10,12H,1-2H3,(H,13,15). The van der Waals surface area contributed by atoms with Crippen molar-refractivity contribution in [1.82, 2.24) is 0 Å². The molecule has 1 aromatic carbocycles. The van der Waals surface area contributed by atoms with Crippen molar-refractivity contribution in [2.24, 2.45) is 5.92 Å². The van der Waals surface area contributed by atoms with E-state index in [2.05, 4.69) is 10.6 Å². The van der Waals surface area contributed by atoms with E-state index < -0.39 is 4.92 Å². The Hall–Kier alpha value is -2.11. The van der Waals surface area contributed by atoms with Gasteiger partial charge in [0.2, 0.25) is 5.91 Å². The van der Waals surface area contributed by atoms with Crippen LogP contribution >= 0.6 is 0 Å². The maximum absolute atomic E-state index is 11.7. The van der Waals surface area contributed by atoms with Crippen LogP contribution in [0.3, 0.4) is 0 Å². The molecule has 1 aliphatic rings. The number of hydrogen-bond acceptors (Lipinski definition) is 4. The van der Waals surface area contributed by atoms with Crippen LogP contribution in [0.15, 0.2) is 18.2 Å². The van der Waals surface area contributed by atoms with E-state index in [9.17, 15) is 14.9 Å². The molecule has 6 nitrogen and oxygen atoms in total. The number of non-ortho nitro benzene ring substituents is 1. The Balaban J connectivity index is 2.35. The van der Waals surface area contributed by atoms with E-state index in [0.29, 0.717) is 11.4 Å². The molecule has 1 aromatic rings. The molecule has 0 aromatic heterocycles. The lowest BCUT2D eigenvalue weighted by Crippen LogP contribution is -2.42. The lowest BCUT2D eigenvalue weighted by atomic mass is 10.0. The van der Waals surface area contributed by atoms with Gasteiger partial charge in [-0.3, -0.25) is 14.9 Å². The van der Waals surface area contributed by atoms with E-state index in [0.717, 1.165) is 0 Å². The molecular formula is C11H13N3O3. The van der Waals surface area contributed by atoms with E-state index in [1.54, 1.807) is 6.07 Å². The van der Waals surface area contributed by atoms with Crippen molar-refractivity contribution >= 4 is 23.0 Å². The van der Waals surface area contributed by atoms with Gasteiger partial charge in [-0.05, 0) is 12.0 Å². The highest BCUT2D eigenvalue weighted by atomic mass is 16.6. The van der Waals surface area contributed by atoms with Crippen LogP contribution < -0.4 is 10.6 Å². The summed E-state index contributed by atoms with van der Waals surface area (Å²) in [5, 5.41) is 16.4. The Kier molecular flexibility index (Phi) is 2.71. The van der Waals surface area contributed by atoms with Gasteiger partial charge in [-0.1, -0.05) is 13.8 Å². The minimum atomic E-state index is -0.485. The summed E-state index contributed by atoms with van der Waals surface area (Å²) < 4.78 is 0. The van der Waals surface area contributed by atoms with Crippen LogP contribution in [0.4, 0.5) is 17.1 Å². The van der Waals surface area contributed by atoms with Crippen LogP contribution in [-0.2, 0) is 4.79 Å². The summed E-state index contributed by atoms with van der Waals surface area (Å²) in [6.45, 7) is 3.88. The van der Waals surface area contributed by atoms with Gasteiger partial charge < -0.3 is 10.6 Å². The number of rotatable bonds is 2. The molecule has 0 spiro atoms. The van der Waals surface area contributed by atoms with Crippen molar-refractivity contribution < 1.29 is 9.72 Å². The van der Waals surface area contributed by atoms with Crippen LogP contribution in [0.2, 0.25) is 0 Å². The summed E-state index contributed by atoms with van der Waals surface area (Å²) in [5.41, 5.74) is 1.14. The second kappa shape index (κ2) is 4.04. The number of carbonyl (C=O) groups excluding carboxylic acids is 1. The summed E-state index contributed by atoms with van der Waals surface area (Å²) in [6.07, 6.45) is 0. The van der Waals surface area contributed by atoms with Gasteiger partial charge in [0, 0.05) is 12.1 Å². The van der Waals surface area contributed by atoms with Crippen LogP contribution in [-0.4, -0.2) is 16.9 Å². The Morgan fingerprint density at radius 3 is 2.65 bits per heavy atom. The highest BCUT2D eigenvalue weighted by molar-refractivity contribution is 6.03. The molecule has 0 bridgehead atoms. The Morgan fingerprint density at radius 2 is 2.06 bits per heavy atom. The van der Waals surface area contributed by atoms with Crippen molar-refractivity contribution in [2.45, 2.75) is 19.9 Å². The molecule has 0 fully saturated rings. The summed E-state index contributed by atoms with van der Waals surface area (Å²) >= 11 is 0. The number of benzene rings is 1. The van der Waals surface area contributed by atoms with Crippen LogP contribution in [0, 0.1) is 16.0 Å². The van der Waals surface area contributed by atoms with Gasteiger partial charge in [-0.25, -0.2) is 0 Å². The zero-order valence-corrected chi connectivity index (χ0v) is 9.56. The fourth-order valence-corrected chi connectivity index (χ4v) is 1.79. The number of nitro benzene ring substituents is 1. The van der Waals surface area contributed by atoms with Gasteiger partial charge in [0.25, 0.3) is 5.69 Å². The minimum absolute atomic E-state index is 0.0335. The van der Waals surface area contributed by atoms with E-state index in [1.807, 2.05) is 13.8 Å². The summed E-state index contributed by atoms with van der Waals surface area (Å²) in [7, 11) is 0. The SMILES string of the molecule is CC(C)C1Nc2ccc([N+](=O)[O-])cc2NC1=O. The molecule has 0 saturated heterocycles. The van der Waals surface area contributed by atoms with Gasteiger partial charge in [0.05, 0.1) is 16.3 Å². The Labute approximate surface area is 98.2 Å². The first-order valence-electron chi connectivity index (χ1n) is 5.35. The monoisotopic (exact) mass is 235 g/mol. The fourth-order valence-electron chi connectivity index (χ4n) is 1.79. The topological polar surface area (TPSA) is 84.3 Å². The molecular weight excluding hydrogens is 222 g/mol. The normalized spacial score (nSPS) is 18.3. The highest BCUT2D eigenvalue weighted by Gasteiger charge is 2.28. The van der Waals surface area contributed by atoms with Gasteiger partial charge >= 0.3 is 0 Å². The average molecular weight is 235 g/mol. The smallest absolute Gasteiger partial charge is 0.271 e. The average Bonchev–Trinajstić information content (AvgIpc) is 2.26. The maximum Gasteiger partial charge on any atom is 0.271 e. The van der Waals surface area contributed by atoms with E-state index in [1.165, 1.54) is 12.1 Å². The summed E-state index contributed by atoms with van der Waals surface area (Å²) in [6, 6.07) is 4.09. The third-order valence-electron chi connectivity index (χ3n) is 2.73. The minimum Gasteiger partial charge on any atom is -0.372 e. The number of nitrogens with zero attached hydrogens (tertiary/aromatic N) is 1. The number of hydrogen-bond donors (Lipinski definition) is 2. The largest absolute Gasteiger partial charge is 0.372 e.